The smallest absolute Gasteiger partial charge is 0.254 e. The zero-order valence-electron chi connectivity index (χ0n) is 21.9. The van der Waals surface area contributed by atoms with Gasteiger partial charge in [0.05, 0.1) is 18.2 Å². The normalized spacial score (nSPS) is 22.2. The number of Topliss-reactive ketones (excluding diaryl/α,β-unsaturated/α-hetero) is 1. The minimum Gasteiger partial charge on any atom is -0.340 e. The van der Waals surface area contributed by atoms with Gasteiger partial charge in [-0.15, -0.1) is 0 Å². The molecule has 202 valence electrons. The quantitative estimate of drug-likeness (QED) is 0.490. The van der Waals surface area contributed by atoms with E-state index >= 15 is 0 Å². The van der Waals surface area contributed by atoms with Crippen molar-refractivity contribution in [3.63, 3.8) is 0 Å². The summed E-state index contributed by atoms with van der Waals surface area (Å²) in [5, 5.41) is 8.65. The highest BCUT2D eigenvalue weighted by Crippen LogP contribution is 2.33. The first kappa shape index (κ1) is 25.7. The number of likely N-dealkylation sites (tertiary alicyclic amines) is 2. The van der Waals surface area contributed by atoms with Crippen LogP contribution in [0, 0.1) is 5.92 Å². The molecule has 2 saturated heterocycles. The summed E-state index contributed by atoms with van der Waals surface area (Å²) in [7, 11) is 0. The Hall–Kier alpha value is -3.52. The van der Waals surface area contributed by atoms with Crippen LogP contribution in [-0.4, -0.2) is 64.5 Å². The largest absolute Gasteiger partial charge is 0.340 e. The van der Waals surface area contributed by atoms with Gasteiger partial charge in [-0.3, -0.25) is 19.2 Å². The predicted octanol–water partition coefficient (Wildman–Crippen LogP) is 4.66. The van der Waals surface area contributed by atoms with Gasteiger partial charge in [0.25, 0.3) is 11.8 Å². The summed E-state index contributed by atoms with van der Waals surface area (Å²) in [5.41, 5.74) is 1.09. The molecule has 2 aromatic carbocycles. The van der Waals surface area contributed by atoms with E-state index in [4.69, 9.17) is 0 Å². The summed E-state index contributed by atoms with van der Waals surface area (Å²) in [4.78, 5) is 57.0. The van der Waals surface area contributed by atoms with Crippen molar-refractivity contribution in [3.05, 3.63) is 70.4 Å². The van der Waals surface area contributed by atoms with Gasteiger partial charge >= 0.3 is 0 Å². The van der Waals surface area contributed by atoms with Gasteiger partial charge in [0.2, 0.25) is 5.91 Å². The van der Waals surface area contributed by atoms with Crippen molar-refractivity contribution in [1.82, 2.24) is 15.1 Å². The third-order valence-corrected chi connectivity index (χ3v) is 9.33. The Morgan fingerprint density at radius 3 is 2.49 bits per heavy atom. The molecule has 3 fully saturated rings. The molecule has 3 amide bonds. The molecule has 3 atom stereocenters. The number of ketones is 1. The molecule has 1 N–H and O–H groups in total. The van der Waals surface area contributed by atoms with Crippen LogP contribution in [0.25, 0.3) is 10.8 Å². The van der Waals surface area contributed by atoms with Crippen molar-refractivity contribution < 1.29 is 19.2 Å². The van der Waals surface area contributed by atoms with Crippen molar-refractivity contribution >= 4 is 45.6 Å². The molecular weight excluding hydrogens is 510 g/mol. The van der Waals surface area contributed by atoms with E-state index in [2.05, 4.69) is 5.32 Å². The molecule has 1 saturated carbocycles. The first-order chi connectivity index (χ1) is 19.0. The molecule has 1 aromatic heterocycles. The van der Waals surface area contributed by atoms with Crippen LogP contribution in [0.15, 0.2) is 59.3 Å². The van der Waals surface area contributed by atoms with Gasteiger partial charge in [-0.1, -0.05) is 62.4 Å². The van der Waals surface area contributed by atoms with Crippen molar-refractivity contribution in [2.24, 2.45) is 5.92 Å². The average Bonchev–Trinajstić information content (AvgIpc) is 3.72. The molecule has 3 aromatic rings. The van der Waals surface area contributed by atoms with Crippen LogP contribution < -0.4 is 5.32 Å². The second kappa shape index (κ2) is 10.9. The van der Waals surface area contributed by atoms with Crippen LogP contribution in [-0.2, 0) is 9.59 Å². The van der Waals surface area contributed by atoms with E-state index < -0.39 is 12.1 Å². The van der Waals surface area contributed by atoms with Crippen molar-refractivity contribution in [1.29, 1.82) is 0 Å². The molecule has 7 nitrogen and oxygen atoms in total. The van der Waals surface area contributed by atoms with Crippen LogP contribution in [0.5, 0.6) is 0 Å². The Kier molecular flexibility index (Phi) is 7.21. The fourth-order valence-electron chi connectivity index (χ4n) is 6.64. The molecule has 8 heteroatoms. The number of carbonyl (C=O) groups excluding carboxylic acids is 4. The van der Waals surface area contributed by atoms with E-state index in [9.17, 15) is 19.2 Å². The van der Waals surface area contributed by atoms with Gasteiger partial charge in [0.1, 0.15) is 12.1 Å². The maximum Gasteiger partial charge on any atom is 0.254 e. The molecule has 3 heterocycles. The number of hydrogen-bond acceptors (Lipinski definition) is 5. The molecular formula is C31H33N3O4S. The molecule has 1 unspecified atom stereocenters. The second-order valence-electron chi connectivity index (χ2n) is 11.1. The minimum atomic E-state index is -0.683. The van der Waals surface area contributed by atoms with Crippen molar-refractivity contribution in [3.8, 4) is 0 Å². The Bertz CT molecular complexity index is 1400. The topological polar surface area (TPSA) is 86.8 Å². The summed E-state index contributed by atoms with van der Waals surface area (Å²) in [6.07, 6.45) is 6.73. The van der Waals surface area contributed by atoms with Gasteiger partial charge in [-0.05, 0) is 53.1 Å². The minimum absolute atomic E-state index is 0.000667. The lowest BCUT2D eigenvalue weighted by Crippen LogP contribution is -2.53. The average molecular weight is 544 g/mol. The molecule has 0 bridgehead atoms. The number of rotatable bonds is 6. The van der Waals surface area contributed by atoms with E-state index in [0.29, 0.717) is 36.4 Å². The maximum absolute atomic E-state index is 14.0. The fourth-order valence-corrected chi connectivity index (χ4v) is 7.28. The van der Waals surface area contributed by atoms with Crippen molar-refractivity contribution in [2.75, 3.05) is 13.1 Å². The number of thiophene rings is 1. The van der Waals surface area contributed by atoms with E-state index in [1.54, 1.807) is 27.3 Å². The molecule has 3 aliphatic rings. The lowest BCUT2D eigenvalue weighted by molar-refractivity contribution is -0.138. The third kappa shape index (κ3) is 5.10. The first-order valence-corrected chi connectivity index (χ1v) is 14.9. The van der Waals surface area contributed by atoms with Crippen LogP contribution in [0.1, 0.15) is 65.7 Å². The lowest BCUT2D eigenvalue weighted by atomic mass is 9.84. The lowest BCUT2D eigenvalue weighted by Gasteiger charge is -2.31. The van der Waals surface area contributed by atoms with Crippen LogP contribution in [0.3, 0.4) is 0 Å². The Morgan fingerprint density at radius 1 is 0.923 bits per heavy atom. The summed E-state index contributed by atoms with van der Waals surface area (Å²) in [6, 6.07) is 13.5. The molecule has 0 radical (unpaired) electrons. The highest BCUT2D eigenvalue weighted by atomic mass is 32.1. The maximum atomic E-state index is 14.0. The number of benzene rings is 2. The zero-order chi connectivity index (χ0) is 26.9. The highest BCUT2D eigenvalue weighted by molar-refractivity contribution is 7.08. The van der Waals surface area contributed by atoms with Gasteiger partial charge < -0.3 is 15.1 Å². The van der Waals surface area contributed by atoms with Gasteiger partial charge in [-0.2, -0.15) is 11.3 Å². The van der Waals surface area contributed by atoms with E-state index in [-0.39, 0.29) is 36.1 Å². The SMILES string of the molecule is O=C(NC(CC1CCCCC1)C(=O)N1CC[C@@H]2[C@H]1C(=O)CN2C(=O)c1ccc2ccccc2c1)c1ccsc1. The highest BCUT2D eigenvalue weighted by Gasteiger charge is 2.52. The van der Waals surface area contributed by atoms with Crippen LogP contribution in [0.2, 0.25) is 0 Å². The second-order valence-corrected chi connectivity index (χ2v) is 11.9. The Balaban J connectivity index is 1.20. The summed E-state index contributed by atoms with van der Waals surface area (Å²) in [5.74, 6) is -0.378. The fraction of sp³-hybridized carbons (Fsp3) is 0.419. The molecule has 6 rings (SSSR count). The van der Waals surface area contributed by atoms with Crippen LogP contribution in [0.4, 0.5) is 0 Å². The predicted molar refractivity (Wildman–Crippen MR) is 151 cm³/mol. The summed E-state index contributed by atoms with van der Waals surface area (Å²) < 4.78 is 0. The number of nitrogens with one attached hydrogen (secondary N) is 1. The third-order valence-electron chi connectivity index (χ3n) is 8.64. The van der Waals surface area contributed by atoms with Gasteiger partial charge in [-0.25, -0.2) is 0 Å². The number of fused-ring (bicyclic) bond motifs is 2. The molecule has 2 aliphatic heterocycles. The molecule has 1 aliphatic carbocycles. The summed E-state index contributed by atoms with van der Waals surface area (Å²) in [6.45, 7) is 0.399. The van der Waals surface area contributed by atoms with E-state index in [1.165, 1.54) is 17.8 Å². The Labute approximate surface area is 232 Å². The molecule has 39 heavy (non-hydrogen) atoms. The number of hydrogen-bond donors (Lipinski definition) is 1. The number of amides is 3. The van der Waals surface area contributed by atoms with Gasteiger partial charge in [0.15, 0.2) is 5.78 Å². The zero-order valence-corrected chi connectivity index (χ0v) is 22.7. The van der Waals surface area contributed by atoms with E-state index in [0.717, 1.165) is 36.5 Å². The number of nitrogens with zero attached hydrogens (tertiary/aromatic N) is 2. The molecule has 0 spiro atoms. The monoisotopic (exact) mass is 543 g/mol. The Morgan fingerprint density at radius 2 is 1.72 bits per heavy atom. The van der Waals surface area contributed by atoms with Gasteiger partial charge in [0, 0.05) is 17.5 Å². The van der Waals surface area contributed by atoms with Crippen LogP contribution >= 0.6 is 11.3 Å². The number of carbonyl (C=O) groups is 4. The van der Waals surface area contributed by atoms with Crippen molar-refractivity contribution in [2.45, 2.75) is 63.1 Å². The first-order valence-electron chi connectivity index (χ1n) is 14.0. The van der Waals surface area contributed by atoms with E-state index in [1.807, 2.05) is 41.8 Å². The summed E-state index contributed by atoms with van der Waals surface area (Å²) >= 11 is 1.44. The standard InChI is InChI=1S/C31H33N3O4S/c35-27-18-34(30(37)23-11-10-21-8-4-5-9-22(21)17-23)26-12-14-33(28(26)27)31(38)25(16-20-6-2-1-3-7-20)32-29(36)24-13-15-39-19-24/h4-5,8-11,13,15,17,19-20,25-26,28H,1-3,6-7,12,14,16,18H2,(H,32,36)/t25?,26-,28+/m1/s1.